The molecule has 2 N–H and O–H groups in total. The lowest BCUT2D eigenvalue weighted by molar-refractivity contribution is -0.144. The standard InChI is InChI=1S/C12H9F3N2O4/c13-6-1-5(2-7(14)10(6)15)11(19)17-4-9(18)16-3-8(17)12(20)21/h1-2,8H,3-4H2,(H,16,18)(H,20,21). The number of hydrogen-bond acceptors (Lipinski definition) is 3. The number of piperazine rings is 1. The molecule has 1 atom stereocenters. The molecule has 2 rings (SSSR count). The molecule has 9 heteroatoms. The lowest BCUT2D eigenvalue weighted by atomic mass is 10.1. The third-order valence-electron chi connectivity index (χ3n) is 2.96. The summed E-state index contributed by atoms with van der Waals surface area (Å²) in [6.45, 7) is -0.900. The van der Waals surface area contributed by atoms with Gasteiger partial charge in [-0.25, -0.2) is 18.0 Å². The van der Waals surface area contributed by atoms with E-state index in [-0.39, 0.29) is 6.54 Å². The molecule has 1 fully saturated rings. The van der Waals surface area contributed by atoms with Crippen molar-refractivity contribution in [1.29, 1.82) is 0 Å². The summed E-state index contributed by atoms with van der Waals surface area (Å²) >= 11 is 0. The summed E-state index contributed by atoms with van der Waals surface area (Å²) < 4.78 is 39.1. The minimum Gasteiger partial charge on any atom is -0.480 e. The maximum absolute atomic E-state index is 13.1. The molecule has 0 saturated carbocycles. The van der Waals surface area contributed by atoms with Gasteiger partial charge in [0, 0.05) is 12.1 Å². The van der Waals surface area contributed by atoms with Gasteiger partial charge in [-0.2, -0.15) is 0 Å². The number of carbonyl (C=O) groups is 3. The van der Waals surface area contributed by atoms with Crippen molar-refractivity contribution in [3.63, 3.8) is 0 Å². The first kappa shape index (κ1) is 14.8. The van der Waals surface area contributed by atoms with Gasteiger partial charge in [0.15, 0.2) is 17.5 Å². The van der Waals surface area contributed by atoms with Gasteiger partial charge in [0.2, 0.25) is 5.91 Å². The Morgan fingerprint density at radius 1 is 1.24 bits per heavy atom. The van der Waals surface area contributed by atoms with Crippen molar-refractivity contribution in [3.05, 3.63) is 35.1 Å². The number of carbonyl (C=O) groups excluding carboxylic acids is 2. The normalized spacial score (nSPS) is 18.3. The Balaban J connectivity index is 2.36. The third-order valence-corrected chi connectivity index (χ3v) is 2.96. The van der Waals surface area contributed by atoms with Crippen molar-refractivity contribution >= 4 is 17.8 Å². The summed E-state index contributed by atoms with van der Waals surface area (Å²) in [5.74, 6) is -7.96. The van der Waals surface area contributed by atoms with E-state index >= 15 is 0 Å². The van der Waals surface area contributed by atoms with Crippen LogP contribution >= 0.6 is 0 Å². The fourth-order valence-electron chi connectivity index (χ4n) is 1.92. The Bertz CT molecular complexity index is 612. The minimum absolute atomic E-state index is 0.327. The van der Waals surface area contributed by atoms with Gasteiger partial charge in [-0.1, -0.05) is 0 Å². The average Bonchev–Trinajstić information content (AvgIpc) is 2.42. The second kappa shape index (κ2) is 5.43. The van der Waals surface area contributed by atoms with Crippen LogP contribution in [0.2, 0.25) is 0 Å². The van der Waals surface area contributed by atoms with Crippen molar-refractivity contribution in [3.8, 4) is 0 Å². The van der Waals surface area contributed by atoms with Gasteiger partial charge >= 0.3 is 5.97 Å². The Morgan fingerprint density at radius 2 is 1.81 bits per heavy atom. The molecule has 0 aromatic heterocycles. The maximum atomic E-state index is 13.1. The highest BCUT2D eigenvalue weighted by Crippen LogP contribution is 2.17. The van der Waals surface area contributed by atoms with Crippen LogP contribution in [0.1, 0.15) is 10.4 Å². The Hall–Kier alpha value is -2.58. The van der Waals surface area contributed by atoms with Crippen molar-refractivity contribution in [1.82, 2.24) is 10.2 Å². The second-order valence-electron chi connectivity index (χ2n) is 4.35. The number of rotatable bonds is 2. The predicted molar refractivity (Wildman–Crippen MR) is 61.8 cm³/mol. The number of amides is 2. The highest BCUT2D eigenvalue weighted by atomic mass is 19.2. The number of nitrogens with one attached hydrogen (secondary N) is 1. The first-order valence-corrected chi connectivity index (χ1v) is 5.76. The first-order valence-electron chi connectivity index (χ1n) is 5.76. The van der Waals surface area contributed by atoms with Crippen molar-refractivity contribution in [2.24, 2.45) is 0 Å². The molecule has 0 bridgehead atoms. The van der Waals surface area contributed by atoms with Crippen LogP contribution in [-0.4, -0.2) is 46.9 Å². The highest BCUT2D eigenvalue weighted by molar-refractivity contribution is 5.99. The summed E-state index contributed by atoms with van der Waals surface area (Å²) in [4.78, 5) is 35.1. The summed E-state index contributed by atoms with van der Waals surface area (Å²) in [7, 11) is 0. The van der Waals surface area contributed by atoms with Crippen LogP contribution in [0, 0.1) is 17.5 Å². The van der Waals surface area contributed by atoms with Gasteiger partial charge in [-0.05, 0) is 12.1 Å². The first-order chi connectivity index (χ1) is 9.81. The van der Waals surface area contributed by atoms with E-state index in [0.717, 1.165) is 0 Å². The molecular weight excluding hydrogens is 293 g/mol. The largest absolute Gasteiger partial charge is 0.480 e. The second-order valence-corrected chi connectivity index (χ2v) is 4.35. The molecule has 112 valence electrons. The fraction of sp³-hybridized carbons (Fsp3) is 0.250. The zero-order chi connectivity index (χ0) is 15.7. The molecular formula is C12H9F3N2O4. The van der Waals surface area contributed by atoms with E-state index in [9.17, 15) is 27.6 Å². The maximum Gasteiger partial charge on any atom is 0.328 e. The molecule has 1 aliphatic rings. The van der Waals surface area contributed by atoms with E-state index < -0.39 is 53.4 Å². The van der Waals surface area contributed by atoms with Crippen LogP contribution in [-0.2, 0) is 9.59 Å². The predicted octanol–water partition coefficient (Wildman–Crippen LogP) is 0.129. The van der Waals surface area contributed by atoms with Crippen LogP contribution in [0.5, 0.6) is 0 Å². The molecule has 1 unspecified atom stereocenters. The van der Waals surface area contributed by atoms with E-state index in [2.05, 4.69) is 5.32 Å². The smallest absolute Gasteiger partial charge is 0.328 e. The van der Waals surface area contributed by atoms with Crippen molar-refractivity contribution < 1.29 is 32.7 Å². The SMILES string of the molecule is O=C1CN(C(=O)c2cc(F)c(F)c(F)c2)C(C(=O)O)CN1. The lowest BCUT2D eigenvalue weighted by Gasteiger charge is -2.32. The number of hydrogen-bond donors (Lipinski definition) is 2. The van der Waals surface area contributed by atoms with E-state index in [4.69, 9.17) is 5.11 Å². The van der Waals surface area contributed by atoms with Gasteiger partial charge in [-0.15, -0.1) is 0 Å². The molecule has 0 spiro atoms. The molecule has 21 heavy (non-hydrogen) atoms. The molecule has 1 heterocycles. The van der Waals surface area contributed by atoms with E-state index in [1.165, 1.54) is 0 Å². The van der Waals surface area contributed by atoms with Crippen LogP contribution in [0.15, 0.2) is 12.1 Å². The summed E-state index contributed by atoms with van der Waals surface area (Å²) in [6.07, 6.45) is 0. The molecule has 6 nitrogen and oxygen atoms in total. The topological polar surface area (TPSA) is 86.7 Å². The number of nitrogens with zero attached hydrogens (tertiary/aromatic N) is 1. The van der Waals surface area contributed by atoms with E-state index in [0.29, 0.717) is 17.0 Å². The highest BCUT2D eigenvalue weighted by Gasteiger charge is 2.36. The van der Waals surface area contributed by atoms with Gasteiger partial charge in [-0.3, -0.25) is 9.59 Å². The molecule has 2 amide bonds. The van der Waals surface area contributed by atoms with Crippen LogP contribution in [0.4, 0.5) is 13.2 Å². The Morgan fingerprint density at radius 3 is 2.33 bits per heavy atom. The molecule has 0 aliphatic carbocycles. The number of carboxylic acid groups (broad SMARTS) is 1. The molecule has 1 aromatic carbocycles. The summed E-state index contributed by atoms with van der Waals surface area (Å²) in [5.41, 5.74) is -0.577. The van der Waals surface area contributed by atoms with E-state index in [1.807, 2.05) is 0 Å². The monoisotopic (exact) mass is 302 g/mol. The Labute approximate surface area is 116 Å². The number of carboxylic acids is 1. The van der Waals surface area contributed by atoms with Crippen molar-refractivity contribution in [2.75, 3.05) is 13.1 Å². The summed E-state index contributed by atoms with van der Waals surface area (Å²) in [5, 5.41) is 11.3. The number of benzene rings is 1. The van der Waals surface area contributed by atoms with Gasteiger partial charge in [0.05, 0.1) is 0 Å². The molecule has 1 saturated heterocycles. The van der Waals surface area contributed by atoms with Crippen LogP contribution < -0.4 is 5.32 Å². The van der Waals surface area contributed by atoms with E-state index in [1.54, 1.807) is 0 Å². The zero-order valence-corrected chi connectivity index (χ0v) is 10.4. The molecule has 0 radical (unpaired) electrons. The van der Waals surface area contributed by atoms with Crippen molar-refractivity contribution in [2.45, 2.75) is 6.04 Å². The third kappa shape index (κ3) is 2.81. The lowest BCUT2D eigenvalue weighted by Crippen LogP contribution is -2.59. The Kier molecular flexibility index (Phi) is 3.83. The fourth-order valence-corrected chi connectivity index (χ4v) is 1.92. The van der Waals surface area contributed by atoms with Crippen LogP contribution in [0.25, 0.3) is 0 Å². The molecule has 1 aromatic rings. The average molecular weight is 302 g/mol. The number of aliphatic carboxylic acids is 1. The zero-order valence-electron chi connectivity index (χ0n) is 10.4. The van der Waals surface area contributed by atoms with Gasteiger partial charge in [0.1, 0.15) is 12.6 Å². The number of halogens is 3. The minimum atomic E-state index is -1.74. The summed E-state index contributed by atoms with van der Waals surface area (Å²) in [6, 6.07) is -0.468. The van der Waals surface area contributed by atoms with Gasteiger partial charge in [0.25, 0.3) is 5.91 Å². The molecule has 1 aliphatic heterocycles. The quantitative estimate of drug-likeness (QED) is 0.760. The van der Waals surface area contributed by atoms with Gasteiger partial charge < -0.3 is 15.3 Å². The van der Waals surface area contributed by atoms with Crippen LogP contribution in [0.3, 0.4) is 0 Å².